The van der Waals surface area contributed by atoms with Crippen LogP contribution < -0.4 is 10.7 Å². The fourth-order valence-corrected chi connectivity index (χ4v) is 4.93. The summed E-state index contributed by atoms with van der Waals surface area (Å²) in [6, 6.07) is 10.6. The molecule has 0 fully saturated rings. The summed E-state index contributed by atoms with van der Waals surface area (Å²) in [5, 5.41) is 7.03. The smallest absolute Gasteiger partial charge is 0.273 e. The van der Waals surface area contributed by atoms with Gasteiger partial charge < -0.3 is 10.3 Å². The van der Waals surface area contributed by atoms with Gasteiger partial charge in [-0.2, -0.15) is 9.89 Å². The van der Waals surface area contributed by atoms with Crippen LogP contribution in [0.25, 0.3) is 10.9 Å². The number of pyridine rings is 1. The molecule has 186 valence electrons. The molecule has 0 spiro atoms. The van der Waals surface area contributed by atoms with Crippen LogP contribution in [0.4, 0.5) is 14.5 Å². The lowest BCUT2D eigenvalue weighted by Crippen LogP contribution is -2.25. The molecule has 5 rings (SSSR count). The van der Waals surface area contributed by atoms with E-state index < -0.39 is 38.2 Å². The van der Waals surface area contributed by atoms with Crippen LogP contribution in [0.5, 0.6) is 0 Å². The van der Waals surface area contributed by atoms with Gasteiger partial charge in [-0.05, 0) is 48.5 Å². The van der Waals surface area contributed by atoms with Crippen molar-refractivity contribution >= 4 is 38.2 Å². The Morgan fingerprint density at radius 3 is 2.43 bits per heavy atom. The topological polar surface area (TPSA) is 139 Å². The number of anilines is 1. The monoisotopic (exact) mass is 522 g/mol. The Balaban J connectivity index is 1.41. The lowest BCUT2D eigenvalue weighted by molar-refractivity contribution is 0.101. The summed E-state index contributed by atoms with van der Waals surface area (Å²) >= 11 is 0. The van der Waals surface area contributed by atoms with E-state index in [0.717, 1.165) is 16.9 Å². The molecule has 3 N–H and O–H groups in total. The Morgan fingerprint density at radius 2 is 1.70 bits per heavy atom. The molecule has 0 unspecified atom stereocenters. The molecule has 10 nitrogen and oxygen atoms in total. The van der Waals surface area contributed by atoms with Gasteiger partial charge in [0.2, 0.25) is 9.84 Å². The number of nitrogens with zero attached hydrogens (tertiary/aromatic N) is 3. The number of hydrogen-bond acceptors (Lipinski definition) is 6. The zero-order valence-corrected chi connectivity index (χ0v) is 19.5. The van der Waals surface area contributed by atoms with Crippen LogP contribution in [-0.2, 0) is 9.84 Å². The predicted octanol–water partition coefficient (Wildman–Crippen LogP) is 3.51. The van der Waals surface area contributed by atoms with Crippen molar-refractivity contribution in [3.63, 3.8) is 0 Å². The van der Waals surface area contributed by atoms with Crippen molar-refractivity contribution in [3.05, 3.63) is 102 Å². The Labute approximate surface area is 207 Å². The van der Waals surface area contributed by atoms with Crippen LogP contribution in [0.3, 0.4) is 0 Å². The molecule has 3 heterocycles. The summed E-state index contributed by atoms with van der Waals surface area (Å²) in [7, 11) is -4.22. The third kappa shape index (κ3) is 4.67. The summed E-state index contributed by atoms with van der Waals surface area (Å²) in [6.45, 7) is 0. The zero-order valence-electron chi connectivity index (χ0n) is 18.6. The average Bonchev–Trinajstić information content (AvgIpc) is 3.54. The first-order chi connectivity index (χ1) is 17.7. The lowest BCUT2D eigenvalue weighted by Gasteiger charge is -2.11. The van der Waals surface area contributed by atoms with Gasteiger partial charge in [-0.25, -0.2) is 22.6 Å². The van der Waals surface area contributed by atoms with Gasteiger partial charge in [0.05, 0.1) is 39.0 Å². The van der Waals surface area contributed by atoms with Crippen molar-refractivity contribution in [1.82, 2.24) is 19.9 Å². The highest BCUT2D eigenvalue weighted by molar-refractivity contribution is 7.91. The summed E-state index contributed by atoms with van der Waals surface area (Å²) in [5.41, 5.74) is 3.47. The number of carbonyl (C=O) groups is 2. The summed E-state index contributed by atoms with van der Waals surface area (Å²) < 4.78 is 52.9. The highest BCUT2D eigenvalue weighted by Gasteiger charge is 2.21. The number of nitrogens with one attached hydrogen (secondary N) is 3. The number of aromatic nitrogens is 4. The molecular formula is C24H16F2N6O4S. The number of amides is 2. The number of carbonyl (C=O) groups excluding carboxylic acids is 2. The van der Waals surface area contributed by atoms with Crippen LogP contribution in [0.1, 0.15) is 20.8 Å². The normalized spacial score (nSPS) is 11.4. The SMILES string of the molecule is O=C(Nc1cnccc1C(=O)Nn1ncc2cc(S(=O)(=O)c3cc(F)cc(F)c3)ccc21)c1ccc[nH]1. The van der Waals surface area contributed by atoms with Crippen molar-refractivity contribution in [2.24, 2.45) is 0 Å². The van der Waals surface area contributed by atoms with Gasteiger partial charge in [0, 0.05) is 23.8 Å². The largest absolute Gasteiger partial charge is 0.357 e. The second-order valence-electron chi connectivity index (χ2n) is 7.79. The van der Waals surface area contributed by atoms with Gasteiger partial charge in [-0.15, -0.1) is 0 Å². The number of fused-ring (bicyclic) bond motifs is 1. The Morgan fingerprint density at radius 1 is 0.919 bits per heavy atom. The average molecular weight is 522 g/mol. The van der Waals surface area contributed by atoms with Gasteiger partial charge in [-0.3, -0.25) is 14.6 Å². The van der Waals surface area contributed by atoms with Crippen LogP contribution >= 0.6 is 0 Å². The van der Waals surface area contributed by atoms with E-state index in [0.29, 0.717) is 22.7 Å². The van der Waals surface area contributed by atoms with Gasteiger partial charge in [0.15, 0.2) is 0 Å². The number of hydrogen-bond donors (Lipinski definition) is 3. The fourth-order valence-electron chi connectivity index (χ4n) is 3.60. The molecule has 0 aliphatic carbocycles. The van der Waals surface area contributed by atoms with Crippen LogP contribution in [0.2, 0.25) is 0 Å². The van der Waals surface area contributed by atoms with Crippen molar-refractivity contribution in [3.8, 4) is 0 Å². The second kappa shape index (κ2) is 9.28. The number of benzene rings is 2. The van der Waals surface area contributed by atoms with E-state index >= 15 is 0 Å². The standard InChI is InChI=1S/C24H16F2N6O4S/c25-15-9-16(26)11-18(10-15)37(35,36)17-3-4-22-14(8-17)12-29-32(22)31-23(33)19-5-7-27-13-21(19)30-24(34)20-2-1-6-28-20/h1-13,28H,(H,30,34)(H,31,33). The molecule has 5 aromatic rings. The number of halogens is 2. The molecule has 0 radical (unpaired) electrons. The van der Waals surface area contributed by atoms with Crippen molar-refractivity contribution in [1.29, 1.82) is 0 Å². The van der Waals surface area contributed by atoms with Crippen LogP contribution in [0.15, 0.2) is 89.2 Å². The summed E-state index contributed by atoms with van der Waals surface area (Å²) in [5.74, 6) is -3.13. The molecule has 2 amide bonds. The predicted molar refractivity (Wildman–Crippen MR) is 128 cm³/mol. The number of aromatic amines is 1. The van der Waals surface area contributed by atoms with Crippen LogP contribution in [0, 0.1) is 11.6 Å². The van der Waals surface area contributed by atoms with Crippen molar-refractivity contribution in [2.75, 3.05) is 10.7 Å². The maximum Gasteiger partial charge on any atom is 0.273 e. The minimum Gasteiger partial charge on any atom is -0.357 e. The first kappa shape index (κ1) is 23.8. The van der Waals surface area contributed by atoms with E-state index in [1.54, 1.807) is 18.3 Å². The Bertz CT molecular complexity index is 1750. The van der Waals surface area contributed by atoms with Crippen molar-refractivity contribution in [2.45, 2.75) is 9.79 Å². The minimum absolute atomic E-state index is 0.103. The van der Waals surface area contributed by atoms with Crippen LogP contribution in [-0.4, -0.2) is 40.1 Å². The zero-order chi connectivity index (χ0) is 26.2. The first-order valence-corrected chi connectivity index (χ1v) is 12.1. The summed E-state index contributed by atoms with van der Waals surface area (Å²) in [6.07, 6.45) is 5.61. The number of H-pyrrole nitrogens is 1. The third-order valence-corrected chi connectivity index (χ3v) is 7.09. The number of rotatable bonds is 6. The molecule has 37 heavy (non-hydrogen) atoms. The highest BCUT2D eigenvalue weighted by Crippen LogP contribution is 2.26. The highest BCUT2D eigenvalue weighted by atomic mass is 32.2. The number of sulfone groups is 1. The molecule has 0 saturated carbocycles. The van der Waals surface area contributed by atoms with E-state index in [4.69, 9.17) is 0 Å². The van der Waals surface area contributed by atoms with Gasteiger partial charge in [-0.1, -0.05) is 0 Å². The molecule has 0 aliphatic rings. The molecule has 13 heteroatoms. The van der Waals surface area contributed by atoms with E-state index in [9.17, 15) is 26.8 Å². The molecule has 0 bridgehead atoms. The molecule has 3 aromatic heterocycles. The molecular weight excluding hydrogens is 506 g/mol. The molecule has 0 aliphatic heterocycles. The lowest BCUT2D eigenvalue weighted by atomic mass is 10.2. The fraction of sp³-hybridized carbons (Fsp3) is 0. The molecule has 2 aromatic carbocycles. The Hall–Kier alpha value is -4.91. The minimum atomic E-state index is -4.22. The maximum atomic E-state index is 13.6. The quantitative estimate of drug-likeness (QED) is 0.312. The van der Waals surface area contributed by atoms with Gasteiger partial charge in [0.1, 0.15) is 17.3 Å². The summed E-state index contributed by atoms with van der Waals surface area (Å²) in [4.78, 5) is 32.5. The van der Waals surface area contributed by atoms with E-state index in [2.05, 4.69) is 25.8 Å². The first-order valence-electron chi connectivity index (χ1n) is 10.6. The van der Waals surface area contributed by atoms with E-state index in [1.165, 1.54) is 42.9 Å². The van der Waals surface area contributed by atoms with Crippen molar-refractivity contribution < 1.29 is 26.8 Å². The molecule has 0 saturated heterocycles. The van der Waals surface area contributed by atoms with E-state index in [1.807, 2.05) is 0 Å². The maximum absolute atomic E-state index is 13.6. The van der Waals surface area contributed by atoms with E-state index in [-0.39, 0.29) is 16.1 Å². The third-order valence-electron chi connectivity index (χ3n) is 5.36. The van der Waals surface area contributed by atoms with Gasteiger partial charge >= 0.3 is 0 Å². The molecule has 0 atom stereocenters. The Kier molecular flexibility index (Phi) is 5.97. The second-order valence-corrected chi connectivity index (χ2v) is 9.74. The van der Waals surface area contributed by atoms with Gasteiger partial charge in [0.25, 0.3) is 11.8 Å².